The van der Waals surface area contributed by atoms with Gasteiger partial charge >= 0.3 is 5.69 Å². The standard InChI is InChI=1S/C53H68N5O10PSi/c1-37(2)58(38(3)4)69(65-34-18-32-54)67-48-45(35-64-53(39-19-14-12-15-20-39,40-23-27-42(61-8)28-24-40)41-25-29-43(62-9)30-26-41)66-50(49(48)68-70(10,11)52(5,6)7)57-33-31-46(56-51(57)60)55-47(59)36-63-44-21-16-13-17-22-44/h12-17,19-31,33,37-38,45,48-50H,18,34-36H2,1-11H3,(H,55,56,59,60)/t45-,48+,49?,50-,69?/m1/s1. The van der Waals surface area contributed by atoms with Gasteiger partial charge in [0, 0.05) is 18.3 Å². The quantitative estimate of drug-likeness (QED) is 0.0285. The molecule has 0 bridgehead atoms. The second kappa shape index (κ2) is 24.1. The summed E-state index contributed by atoms with van der Waals surface area (Å²) in [6.45, 7) is 18.7. The first kappa shape index (κ1) is 53.9. The number of anilines is 1. The molecule has 1 aliphatic heterocycles. The predicted octanol–water partition coefficient (Wildman–Crippen LogP) is 10.2. The molecule has 0 saturated carbocycles. The summed E-state index contributed by atoms with van der Waals surface area (Å²) in [6, 6.07) is 38.1. The molecule has 1 aliphatic rings. The van der Waals surface area contributed by atoms with Crippen LogP contribution in [0.5, 0.6) is 17.2 Å². The molecule has 4 aromatic carbocycles. The smallest absolute Gasteiger partial charge is 0.351 e. The van der Waals surface area contributed by atoms with Gasteiger partial charge in [0.25, 0.3) is 14.4 Å². The number of benzene rings is 4. The lowest BCUT2D eigenvalue weighted by molar-refractivity contribution is -0.118. The summed E-state index contributed by atoms with van der Waals surface area (Å²) in [5, 5.41) is 12.0. The average Bonchev–Trinajstić information content (AvgIpc) is 3.66. The molecule has 1 fully saturated rings. The van der Waals surface area contributed by atoms with Crippen molar-refractivity contribution in [2.45, 2.75) is 115 Å². The number of hydrogen-bond donors (Lipinski definition) is 1. The summed E-state index contributed by atoms with van der Waals surface area (Å²) in [4.78, 5) is 31.7. The van der Waals surface area contributed by atoms with Crippen LogP contribution in [0.25, 0.3) is 0 Å². The molecular formula is C53H68N5O10PSi. The zero-order valence-corrected chi connectivity index (χ0v) is 44.1. The Bertz CT molecular complexity index is 2480. The van der Waals surface area contributed by atoms with Gasteiger partial charge in [0.15, 0.2) is 21.2 Å². The third-order valence-corrected chi connectivity index (χ3v) is 19.1. The maximum Gasteiger partial charge on any atom is 0.351 e. The highest BCUT2D eigenvalue weighted by Crippen LogP contribution is 2.52. The van der Waals surface area contributed by atoms with Gasteiger partial charge in [0.05, 0.1) is 39.9 Å². The fraction of sp³-hybridized carbons (Fsp3) is 0.434. The van der Waals surface area contributed by atoms with Crippen molar-refractivity contribution in [3.63, 3.8) is 0 Å². The number of amides is 1. The molecular weight excluding hydrogens is 926 g/mol. The minimum absolute atomic E-state index is 0.0238. The minimum atomic E-state index is -2.71. The number of nitrogens with zero attached hydrogens (tertiary/aromatic N) is 4. The maximum absolute atomic E-state index is 14.4. The van der Waals surface area contributed by atoms with Crippen molar-refractivity contribution in [2.75, 3.05) is 39.4 Å². The highest BCUT2D eigenvalue weighted by molar-refractivity contribution is 7.44. The van der Waals surface area contributed by atoms with Crippen LogP contribution in [0.15, 0.2) is 126 Å². The van der Waals surface area contributed by atoms with Gasteiger partial charge in [-0.2, -0.15) is 10.2 Å². The molecule has 374 valence electrons. The number of carbonyl (C=O) groups is 1. The van der Waals surface area contributed by atoms with E-state index in [1.54, 1.807) is 38.6 Å². The van der Waals surface area contributed by atoms with Gasteiger partial charge in [-0.1, -0.05) is 93.6 Å². The summed E-state index contributed by atoms with van der Waals surface area (Å²) in [6.07, 6.45) is -2.11. The molecule has 0 spiro atoms. The van der Waals surface area contributed by atoms with Crippen molar-refractivity contribution in [3.8, 4) is 23.3 Å². The van der Waals surface area contributed by atoms with Crippen LogP contribution in [0, 0.1) is 11.3 Å². The Morgan fingerprint density at radius 3 is 1.90 bits per heavy atom. The number of ether oxygens (including phenoxy) is 5. The van der Waals surface area contributed by atoms with E-state index in [0.29, 0.717) is 17.2 Å². The number of rotatable bonds is 23. The number of para-hydroxylation sites is 1. The van der Waals surface area contributed by atoms with Gasteiger partial charge in [0.1, 0.15) is 47.0 Å². The van der Waals surface area contributed by atoms with Crippen molar-refractivity contribution in [1.82, 2.24) is 14.2 Å². The van der Waals surface area contributed by atoms with Gasteiger partial charge in [-0.3, -0.25) is 9.36 Å². The summed E-state index contributed by atoms with van der Waals surface area (Å²) >= 11 is 0. The number of nitriles is 1. The molecule has 17 heteroatoms. The zero-order chi connectivity index (χ0) is 50.6. The van der Waals surface area contributed by atoms with Crippen LogP contribution in [-0.2, 0) is 33.3 Å². The highest BCUT2D eigenvalue weighted by Gasteiger charge is 2.54. The maximum atomic E-state index is 14.4. The second-order valence-electron chi connectivity index (χ2n) is 19.0. The van der Waals surface area contributed by atoms with Gasteiger partial charge in [-0.15, -0.1) is 0 Å². The molecule has 2 unspecified atom stereocenters. The van der Waals surface area contributed by atoms with E-state index in [1.165, 1.54) is 4.57 Å². The lowest BCUT2D eigenvalue weighted by Crippen LogP contribution is -2.50. The topological polar surface area (TPSA) is 165 Å². The number of aromatic nitrogens is 2. The lowest BCUT2D eigenvalue weighted by atomic mass is 9.80. The van der Waals surface area contributed by atoms with Crippen molar-refractivity contribution < 1.29 is 42.0 Å². The molecule has 1 N–H and O–H groups in total. The Balaban J connectivity index is 1.49. The Hall–Kier alpha value is -5.47. The van der Waals surface area contributed by atoms with Gasteiger partial charge < -0.3 is 42.5 Å². The largest absolute Gasteiger partial charge is 0.497 e. The molecule has 0 radical (unpaired) electrons. The van der Waals surface area contributed by atoms with Crippen LogP contribution in [0.1, 0.15) is 77.8 Å². The fourth-order valence-corrected chi connectivity index (χ4v) is 11.1. The fourth-order valence-electron chi connectivity index (χ4n) is 8.04. The van der Waals surface area contributed by atoms with E-state index < -0.39 is 58.6 Å². The second-order valence-corrected chi connectivity index (χ2v) is 25.2. The molecule has 15 nitrogen and oxygen atoms in total. The van der Waals surface area contributed by atoms with E-state index in [1.807, 2.05) is 97.1 Å². The first-order valence-electron chi connectivity index (χ1n) is 23.6. The van der Waals surface area contributed by atoms with Gasteiger partial charge in [-0.25, -0.2) is 9.46 Å². The third-order valence-electron chi connectivity index (χ3n) is 12.5. The first-order chi connectivity index (χ1) is 33.4. The molecule has 2 heterocycles. The van der Waals surface area contributed by atoms with E-state index in [0.717, 1.165) is 16.7 Å². The van der Waals surface area contributed by atoms with Crippen molar-refractivity contribution in [2.24, 2.45) is 0 Å². The van der Waals surface area contributed by atoms with Crippen molar-refractivity contribution in [3.05, 3.63) is 149 Å². The first-order valence-corrected chi connectivity index (χ1v) is 27.6. The van der Waals surface area contributed by atoms with Crippen LogP contribution in [-0.4, -0.2) is 92.9 Å². The number of hydrogen-bond acceptors (Lipinski definition) is 13. The van der Waals surface area contributed by atoms with E-state index in [9.17, 15) is 14.9 Å². The summed E-state index contributed by atoms with van der Waals surface area (Å²) in [5.41, 5.74) is 0.535. The van der Waals surface area contributed by atoms with Crippen LogP contribution < -0.4 is 25.2 Å². The third kappa shape index (κ3) is 12.9. The Kier molecular flexibility index (Phi) is 18.5. The van der Waals surface area contributed by atoms with E-state index >= 15 is 0 Å². The predicted molar refractivity (Wildman–Crippen MR) is 273 cm³/mol. The molecule has 0 aliphatic carbocycles. The van der Waals surface area contributed by atoms with Crippen LogP contribution in [0.4, 0.5) is 5.82 Å². The molecule has 5 aromatic rings. The van der Waals surface area contributed by atoms with Gasteiger partial charge in [-0.05, 0) is 105 Å². The summed E-state index contributed by atoms with van der Waals surface area (Å²) in [7, 11) is -1.33. The van der Waals surface area contributed by atoms with Crippen LogP contribution in [0.3, 0.4) is 0 Å². The summed E-state index contributed by atoms with van der Waals surface area (Å²) in [5.74, 6) is 1.43. The normalized spacial score (nSPS) is 17.9. The van der Waals surface area contributed by atoms with E-state index in [-0.39, 0.29) is 49.2 Å². The van der Waals surface area contributed by atoms with E-state index in [4.69, 9.17) is 37.2 Å². The molecule has 5 atom stereocenters. The van der Waals surface area contributed by atoms with E-state index in [2.05, 4.69) is 82.6 Å². The monoisotopic (exact) mass is 993 g/mol. The average molecular weight is 994 g/mol. The lowest BCUT2D eigenvalue weighted by Gasteiger charge is -2.42. The molecule has 1 amide bonds. The number of carbonyl (C=O) groups excluding carboxylic acids is 1. The zero-order valence-electron chi connectivity index (χ0n) is 42.2. The Morgan fingerprint density at radius 2 is 1.39 bits per heavy atom. The van der Waals surface area contributed by atoms with Crippen LogP contribution in [0.2, 0.25) is 18.1 Å². The number of nitrogens with one attached hydrogen (secondary N) is 1. The molecule has 70 heavy (non-hydrogen) atoms. The van der Waals surface area contributed by atoms with Crippen molar-refractivity contribution in [1.29, 1.82) is 5.26 Å². The molecule has 6 rings (SSSR count). The summed E-state index contributed by atoms with van der Waals surface area (Å²) < 4.78 is 56.2. The van der Waals surface area contributed by atoms with Gasteiger partial charge in [0.2, 0.25) is 0 Å². The minimum Gasteiger partial charge on any atom is -0.497 e. The molecule has 1 aromatic heterocycles. The molecule has 1 saturated heterocycles. The Morgan fingerprint density at radius 1 is 0.829 bits per heavy atom. The highest BCUT2D eigenvalue weighted by atomic mass is 31.2. The van der Waals surface area contributed by atoms with Crippen LogP contribution >= 0.6 is 8.53 Å². The Labute approximate surface area is 415 Å². The SMILES string of the molecule is COc1ccc(C(OC[C@H]2O[C@@H](n3ccc(NC(=O)COc4ccccc4)nc3=O)C(O[Si](C)(C)C(C)(C)C)[C@H]2OP(OCCC#N)N(C(C)C)C(C)C)(c2ccccc2)c2ccc(OC)cc2)cc1. The van der Waals surface area contributed by atoms with Crippen molar-refractivity contribution >= 4 is 28.6 Å². The number of methoxy groups -OCH3 is 2.